The molecule has 19 heavy (non-hydrogen) atoms. The first-order chi connectivity index (χ1) is 9.19. The van der Waals surface area contributed by atoms with Gasteiger partial charge in [-0.3, -0.25) is 4.99 Å². The molecule has 0 aliphatic carbocycles. The minimum atomic E-state index is 0.304. The number of rotatable bonds is 1. The molecule has 0 fully saturated rings. The number of aryl methyl sites for hydroxylation is 1. The van der Waals surface area contributed by atoms with Crippen molar-refractivity contribution < 1.29 is 0 Å². The quantitative estimate of drug-likeness (QED) is 0.708. The zero-order valence-corrected chi connectivity index (χ0v) is 11.8. The Bertz CT molecular complexity index is 724. The van der Waals surface area contributed by atoms with E-state index in [0.29, 0.717) is 5.95 Å². The Morgan fingerprint density at radius 2 is 2.37 bits per heavy atom. The van der Waals surface area contributed by atoms with Crippen molar-refractivity contribution in [1.29, 1.82) is 0 Å². The molecule has 0 spiro atoms. The molecule has 7 heteroatoms. The fraction of sp³-hybridized carbons (Fsp3) is 0.250. The molecule has 3 N–H and O–H groups in total. The Kier molecular flexibility index (Phi) is 2.87. The smallest absolute Gasteiger partial charge is 0.337 e. The number of hydrogen-bond donors (Lipinski definition) is 3. The third-order valence-corrected chi connectivity index (χ3v) is 3.61. The molecule has 6 nitrogen and oxygen atoms in total. The van der Waals surface area contributed by atoms with E-state index in [9.17, 15) is 0 Å². The van der Waals surface area contributed by atoms with E-state index >= 15 is 0 Å². The van der Waals surface area contributed by atoms with Crippen molar-refractivity contribution in [1.82, 2.24) is 15.3 Å². The number of aliphatic imine (C=N–C) groups is 1. The molecule has 1 aliphatic rings. The normalized spacial score (nSPS) is 14.1. The molecule has 0 atom stereocenters. The van der Waals surface area contributed by atoms with Crippen LogP contribution in [0.25, 0.3) is 15.9 Å². The predicted molar refractivity (Wildman–Crippen MR) is 78.7 cm³/mol. The number of fused-ring (bicyclic) bond motifs is 1. The highest BCUT2D eigenvalue weighted by molar-refractivity contribution is 9.10. The predicted octanol–water partition coefficient (Wildman–Crippen LogP) is 2.56. The molecule has 2 aromatic rings. The van der Waals surface area contributed by atoms with Gasteiger partial charge in [0.15, 0.2) is 11.5 Å². The summed E-state index contributed by atoms with van der Waals surface area (Å²) in [5.74, 6) is 1.07. The van der Waals surface area contributed by atoms with Gasteiger partial charge in [0.25, 0.3) is 0 Å². The van der Waals surface area contributed by atoms with Crippen LogP contribution >= 0.6 is 15.9 Å². The summed E-state index contributed by atoms with van der Waals surface area (Å²) in [6.07, 6.45) is 0. The molecule has 0 amide bonds. The molecule has 1 aromatic carbocycles. The summed E-state index contributed by atoms with van der Waals surface area (Å²) in [4.78, 5) is 14.9. The monoisotopic (exact) mass is 318 g/mol. The first kappa shape index (κ1) is 12.0. The van der Waals surface area contributed by atoms with Gasteiger partial charge in [0.1, 0.15) is 5.52 Å². The van der Waals surface area contributed by atoms with E-state index in [-0.39, 0.29) is 0 Å². The second-order valence-corrected chi connectivity index (χ2v) is 5.06. The summed E-state index contributed by atoms with van der Waals surface area (Å²) < 4.78 is 0.911. The highest BCUT2D eigenvalue weighted by Crippen LogP contribution is 2.33. The number of aromatic nitrogens is 2. The topological polar surface area (TPSA) is 69.5 Å². The molecule has 0 bridgehead atoms. The van der Waals surface area contributed by atoms with Gasteiger partial charge in [-0.15, -0.1) is 11.6 Å². The molecule has 3 rings (SSSR count). The van der Waals surface area contributed by atoms with Crippen molar-refractivity contribution in [3.05, 3.63) is 27.5 Å². The molecule has 96 valence electrons. The molecule has 0 saturated carbocycles. The summed E-state index contributed by atoms with van der Waals surface area (Å²) in [6.45, 7) is 10.6. The largest absolute Gasteiger partial charge is 0.397 e. The first-order valence-corrected chi connectivity index (χ1v) is 6.60. The maximum atomic E-state index is 7.01. The Labute approximate surface area is 118 Å². The second-order valence-electron chi connectivity index (χ2n) is 4.21. The fourth-order valence-electron chi connectivity index (χ4n) is 2.07. The molecule has 1 aromatic heterocycles. The number of aromatic amines is 1. The lowest BCUT2D eigenvalue weighted by molar-refractivity contribution is 0.959. The van der Waals surface area contributed by atoms with E-state index in [0.717, 1.165) is 45.8 Å². The number of H-pyrrole nitrogens is 1. The van der Waals surface area contributed by atoms with Gasteiger partial charge >= 0.3 is 5.95 Å². The first-order valence-electron chi connectivity index (χ1n) is 5.80. The van der Waals surface area contributed by atoms with Gasteiger partial charge in [0.2, 0.25) is 0 Å². The number of nitrogens with zero attached hydrogens (tertiary/aromatic N) is 3. The molecule has 0 radical (unpaired) electrons. The summed E-state index contributed by atoms with van der Waals surface area (Å²) in [5, 5.41) is 6.42. The van der Waals surface area contributed by atoms with E-state index in [1.54, 1.807) is 0 Å². The Balaban J connectivity index is 2.11. The van der Waals surface area contributed by atoms with Crippen LogP contribution in [0.5, 0.6) is 0 Å². The van der Waals surface area contributed by atoms with Crippen LogP contribution in [0.15, 0.2) is 15.5 Å². The van der Waals surface area contributed by atoms with Crippen LogP contribution in [0, 0.1) is 13.5 Å². The summed E-state index contributed by atoms with van der Waals surface area (Å²) in [7, 11) is 0. The SMILES string of the molecule is [C-]#[N+]c1nc2c(C)c(NC3=NCCN3)c(Br)cc2[nH]1. The Morgan fingerprint density at radius 1 is 1.53 bits per heavy atom. The van der Waals surface area contributed by atoms with E-state index in [1.165, 1.54) is 0 Å². The molecule has 0 saturated heterocycles. The van der Waals surface area contributed by atoms with Crippen LogP contribution in [0.1, 0.15) is 5.56 Å². The van der Waals surface area contributed by atoms with Crippen molar-refractivity contribution in [2.24, 2.45) is 4.99 Å². The molecule has 1 aliphatic heterocycles. The van der Waals surface area contributed by atoms with Crippen LogP contribution in [-0.4, -0.2) is 29.0 Å². The van der Waals surface area contributed by atoms with Gasteiger partial charge in [-0.05, 0) is 28.9 Å². The van der Waals surface area contributed by atoms with E-state index in [4.69, 9.17) is 6.57 Å². The number of guanidine groups is 1. The van der Waals surface area contributed by atoms with Crippen molar-refractivity contribution in [3.8, 4) is 0 Å². The molecule has 2 heterocycles. The fourth-order valence-corrected chi connectivity index (χ4v) is 2.69. The number of nitrogens with one attached hydrogen (secondary N) is 3. The van der Waals surface area contributed by atoms with Gasteiger partial charge < -0.3 is 20.5 Å². The number of benzene rings is 1. The summed E-state index contributed by atoms with van der Waals surface area (Å²) in [6, 6.07) is 1.92. The zero-order chi connectivity index (χ0) is 13.4. The number of anilines is 1. The van der Waals surface area contributed by atoms with Gasteiger partial charge in [-0.1, -0.05) is 0 Å². The van der Waals surface area contributed by atoms with E-state index < -0.39 is 0 Å². The lowest BCUT2D eigenvalue weighted by Crippen LogP contribution is -2.26. The summed E-state index contributed by atoms with van der Waals surface area (Å²) >= 11 is 3.54. The Morgan fingerprint density at radius 3 is 3.05 bits per heavy atom. The van der Waals surface area contributed by atoms with Crippen LogP contribution in [0.2, 0.25) is 0 Å². The number of hydrogen-bond acceptors (Lipinski definition) is 4. The van der Waals surface area contributed by atoms with Gasteiger partial charge in [0.05, 0.1) is 12.2 Å². The van der Waals surface area contributed by atoms with Crippen molar-refractivity contribution in [3.63, 3.8) is 0 Å². The highest BCUT2D eigenvalue weighted by atomic mass is 79.9. The van der Waals surface area contributed by atoms with Crippen LogP contribution in [0.4, 0.5) is 11.6 Å². The summed E-state index contributed by atoms with van der Waals surface area (Å²) in [5.41, 5.74) is 3.55. The van der Waals surface area contributed by atoms with Crippen molar-refractivity contribution in [2.75, 3.05) is 18.4 Å². The van der Waals surface area contributed by atoms with E-state index in [1.807, 2.05) is 13.0 Å². The van der Waals surface area contributed by atoms with Crippen molar-refractivity contribution >= 4 is 44.6 Å². The van der Waals surface area contributed by atoms with Crippen molar-refractivity contribution in [2.45, 2.75) is 6.92 Å². The maximum Gasteiger partial charge on any atom is 0.337 e. The minimum absolute atomic E-state index is 0.304. The average molecular weight is 319 g/mol. The lowest BCUT2D eigenvalue weighted by atomic mass is 10.1. The third kappa shape index (κ3) is 2.04. The minimum Gasteiger partial charge on any atom is -0.397 e. The molecular formula is C12H11BrN6. The average Bonchev–Trinajstić information content (AvgIpc) is 3.03. The zero-order valence-electron chi connectivity index (χ0n) is 10.2. The lowest BCUT2D eigenvalue weighted by Gasteiger charge is -2.11. The molecular weight excluding hydrogens is 308 g/mol. The third-order valence-electron chi connectivity index (χ3n) is 2.98. The second kappa shape index (κ2) is 4.55. The highest BCUT2D eigenvalue weighted by Gasteiger charge is 2.17. The molecule has 0 unspecified atom stereocenters. The van der Waals surface area contributed by atoms with Crippen LogP contribution in [0.3, 0.4) is 0 Å². The van der Waals surface area contributed by atoms with Gasteiger partial charge in [-0.2, -0.15) is 0 Å². The number of imidazole rings is 1. The maximum absolute atomic E-state index is 7.01. The number of halogens is 1. The van der Waals surface area contributed by atoms with Crippen LogP contribution < -0.4 is 10.6 Å². The standard InChI is InChI=1S/C12H11BrN6/c1-6-9(18-12-15-3-4-16-12)7(13)5-8-10(6)19-11(14-2)17-8/h5H,3-4H2,1H3,(H,17,19)(H2,15,16,18). The van der Waals surface area contributed by atoms with Gasteiger partial charge in [0, 0.05) is 16.6 Å². The van der Waals surface area contributed by atoms with Gasteiger partial charge in [-0.25, -0.2) is 0 Å². The van der Waals surface area contributed by atoms with Crippen LogP contribution in [-0.2, 0) is 0 Å². The van der Waals surface area contributed by atoms with E-state index in [2.05, 4.69) is 46.4 Å². The Hall–Kier alpha value is -2.07.